The molecule has 0 aliphatic heterocycles. The normalized spacial score (nSPS) is 13.1. The first-order valence-corrected chi connectivity index (χ1v) is 12.2. The third kappa shape index (κ3) is 7.10. The standard InChI is InChI=1S/2C6H7F3N2O3S2/c2*1-3(2)4-5(11-15-10-4)14-16(12,13)6(7,8)9/h2*3H,1-2H3. The number of hydrogen-bond donors (Lipinski definition) is 0. The molecule has 2 aromatic rings. The summed E-state index contributed by atoms with van der Waals surface area (Å²) in [5.41, 5.74) is -10.8. The van der Waals surface area contributed by atoms with Crippen molar-refractivity contribution in [1.82, 2.24) is 17.5 Å². The molecular weight excluding hydrogens is 538 g/mol. The van der Waals surface area contributed by atoms with Crippen LogP contribution >= 0.6 is 23.5 Å². The van der Waals surface area contributed by atoms with Crippen molar-refractivity contribution < 1.29 is 51.5 Å². The second-order valence-electron chi connectivity index (χ2n) is 6.19. The second kappa shape index (κ2) is 10.00. The fraction of sp³-hybridized carbons (Fsp3) is 0.667. The zero-order chi connectivity index (χ0) is 25.1. The molecule has 0 radical (unpaired) electrons. The molecule has 0 bridgehead atoms. The molecule has 2 aromatic heterocycles. The van der Waals surface area contributed by atoms with E-state index in [1.54, 1.807) is 27.7 Å². The zero-order valence-corrected chi connectivity index (χ0v) is 19.6. The number of halogens is 6. The fourth-order valence-electron chi connectivity index (χ4n) is 1.50. The highest BCUT2D eigenvalue weighted by atomic mass is 32.2. The van der Waals surface area contributed by atoms with E-state index >= 15 is 0 Å². The summed E-state index contributed by atoms with van der Waals surface area (Å²) >= 11 is 1.18. The molecule has 0 saturated carbocycles. The summed E-state index contributed by atoms with van der Waals surface area (Å²) in [6, 6.07) is 0. The van der Waals surface area contributed by atoms with Crippen LogP contribution in [0.3, 0.4) is 0 Å². The molecule has 0 atom stereocenters. The first kappa shape index (κ1) is 28.2. The van der Waals surface area contributed by atoms with Crippen molar-refractivity contribution >= 4 is 43.7 Å². The number of hydrogen-bond acceptors (Lipinski definition) is 12. The van der Waals surface area contributed by atoms with E-state index in [0.717, 1.165) is 0 Å². The third-order valence-corrected chi connectivity index (χ3v) is 5.94. The lowest BCUT2D eigenvalue weighted by molar-refractivity contribution is -0.0506. The van der Waals surface area contributed by atoms with E-state index in [-0.39, 0.29) is 23.2 Å². The molecule has 0 N–H and O–H groups in total. The van der Waals surface area contributed by atoms with Gasteiger partial charge in [0.05, 0.1) is 23.5 Å². The molecule has 184 valence electrons. The highest BCUT2D eigenvalue weighted by molar-refractivity contribution is 7.88. The second-order valence-corrected chi connectivity index (χ2v) is 10.3. The average molecular weight is 553 g/mol. The van der Waals surface area contributed by atoms with Crippen LogP contribution in [-0.2, 0) is 20.2 Å². The van der Waals surface area contributed by atoms with Gasteiger partial charge < -0.3 is 8.37 Å². The maximum atomic E-state index is 12.0. The summed E-state index contributed by atoms with van der Waals surface area (Å²) in [5, 5.41) is 0. The Labute approximate surface area is 186 Å². The van der Waals surface area contributed by atoms with Gasteiger partial charge in [0.1, 0.15) is 11.4 Å². The van der Waals surface area contributed by atoms with Crippen LogP contribution in [0.15, 0.2) is 0 Å². The molecule has 2 heterocycles. The molecule has 0 amide bonds. The molecule has 0 fully saturated rings. The average Bonchev–Trinajstić information content (AvgIpc) is 3.21. The molecule has 32 heavy (non-hydrogen) atoms. The van der Waals surface area contributed by atoms with E-state index in [1.165, 1.54) is 0 Å². The predicted octanol–water partition coefficient (Wildman–Crippen LogP) is 3.78. The minimum Gasteiger partial charge on any atom is -0.352 e. The minimum absolute atomic E-state index is 0.0813. The summed E-state index contributed by atoms with van der Waals surface area (Å²) in [5.74, 6) is -1.79. The van der Waals surface area contributed by atoms with Gasteiger partial charge in [-0.1, -0.05) is 27.7 Å². The van der Waals surface area contributed by atoms with Gasteiger partial charge in [-0.25, -0.2) is 0 Å². The minimum atomic E-state index is -5.67. The van der Waals surface area contributed by atoms with Gasteiger partial charge in [-0.3, -0.25) is 0 Å². The largest absolute Gasteiger partial charge is 0.534 e. The molecule has 0 aliphatic carbocycles. The summed E-state index contributed by atoms with van der Waals surface area (Å²) < 4.78 is 137. The topological polar surface area (TPSA) is 138 Å². The van der Waals surface area contributed by atoms with Crippen molar-refractivity contribution in [2.75, 3.05) is 0 Å². The van der Waals surface area contributed by atoms with Crippen molar-refractivity contribution in [3.8, 4) is 11.8 Å². The molecular formula is C12H14F6N4O6S4. The molecule has 20 heteroatoms. The maximum Gasteiger partial charge on any atom is 0.534 e. The Morgan fingerprint density at radius 1 is 0.656 bits per heavy atom. The summed E-state index contributed by atoms with van der Waals surface area (Å²) in [7, 11) is -11.3. The van der Waals surface area contributed by atoms with Crippen LogP contribution in [0, 0.1) is 0 Å². The lowest BCUT2D eigenvalue weighted by atomic mass is 10.1. The first-order valence-electron chi connectivity index (χ1n) is 7.96. The summed E-state index contributed by atoms with van der Waals surface area (Å²) in [6.07, 6.45) is 0. The molecule has 0 unspecified atom stereocenters. The number of nitrogens with zero attached hydrogens (tertiary/aromatic N) is 4. The predicted molar refractivity (Wildman–Crippen MR) is 99.2 cm³/mol. The Morgan fingerprint density at radius 3 is 1.16 bits per heavy atom. The van der Waals surface area contributed by atoms with Gasteiger partial charge in [-0.2, -0.15) is 51.9 Å². The lowest BCUT2D eigenvalue weighted by Gasteiger charge is -2.08. The SMILES string of the molecule is CC(C)c1nsnc1OS(=O)(=O)C(F)(F)F.CC(C)c1nsnc1OS(=O)(=O)C(F)(F)F. The van der Waals surface area contributed by atoms with Crippen LogP contribution in [0.5, 0.6) is 11.8 Å². The van der Waals surface area contributed by atoms with E-state index in [9.17, 15) is 43.2 Å². The van der Waals surface area contributed by atoms with Gasteiger partial charge in [0, 0.05) is 11.8 Å². The molecule has 0 aromatic carbocycles. The molecule has 0 spiro atoms. The number of alkyl halides is 6. The van der Waals surface area contributed by atoms with Crippen molar-refractivity contribution in [1.29, 1.82) is 0 Å². The maximum absolute atomic E-state index is 12.0. The smallest absolute Gasteiger partial charge is 0.352 e. The molecule has 0 aliphatic rings. The van der Waals surface area contributed by atoms with E-state index in [4.69, 9.17) is 0 Å². The van der Waals surface area contributed by atoms with Crippen LogP contribution in [-0.4, -0.2) is 45.3 Å². The Bertz CT molecular complexity index is 1020. The number of aromatic nitrogens is 4. The van der Waals surface area contributed by atoms with E-state index in [2.05, 4.69) is 25.9 Å². The van der Waals surface area contributed by atoms with Crippen molar-refractivity contribution in [2.24, 2.45) is 0 Å². The quantitative estimate of drug-likeness (QED) is 0.296. The monoisotopic (exact) mass is 552 g/mol. The third-order valence-electron chi connectivity index (χ3n) is 3.00. The van der Waals surface area contributed by atoms with Gasteiger partial charge in [0.25, 0.3) is 11.8 Å². The molecule has 10 nitrogen and oxygen atoms in total. The van der Waals surface area contributed by atoms with Gasteiger partial charge >= 0.3 is 31.3 Å². The molecule has 2 rings (SSSR count). The van der Waals surface area contributed by atoms with Crippen LogP contribution in [0.2, 0.25) is 0 Å². The van der Waals surface area contributed by atoms with Crippen LogP contribution < -0.4 is 8.37 Å². The van der Waals surface area contributed by atoms with Crippen LogP contribution in [0.25, 0.3) is 0 Å². The van der Waals surface area contributed by atoms with Gasteiger partial charge in [0.2, 0.25) is 0 Å². The number of rotatable bonds is 6. The van der Waals surface area contributed by atoms with Crippen molar-refractivity contribution in [3.05, 3.63) is 11.4 Å². The van der Waals surface area contributed by atoms with Gasteiger partial charge in [-0.05, 0) is 0 Å². The fourth-order valence-corrected chi connectivity index (χ4v) is 3.69. The summed E-state index contributed by atoms with van der Waals surface area (Å²) in [6.45, 7) is 6.52. The van der Waals surface area contributed by atoms with Crippen LogP contribution in [0.1, 0.15) is 50.9 Å². The summed E-state index contributed by atoms with van der Waals surface area (Å²) in [4.78, 5) is 0. The van der Waals surface area contributed by atoms with Crippen molar-refractivity contribution in [2.45, 2.75) is 50.5 Å². The van der Waals surface area contributed by atoms with E-state index in [1.807, 2.05) is 0 Å². The van der Waals surface area contributed by atoms with E-state index < -0.39 is 43.0 Å². The van der Waals surface area contributed by atoms with E-state index in [0.29, 0.717) is 23.5 Å². The first-order chi connectivity index (χ1) is 14.3. The van der Waals surface area contributed by atoms with Crippen molar-refractivity contribution in [3.63, 3.8) is 0 Å². The van der Waals surface area contributed by atoms with Crippen LogP contribution in [0.4, 0.5) is 26.3 Å². The zero-order valence-electron chi connectivity index (χ0n) is 16.3. The Hall–Kier alpha value is -1.80. The Balaban J connectivity index is 0.000000320. The molecule has 0 saturated heterocycles. The Kier molecular flexibility index (Phi) is 8.82. The Morgan fingerprint density at radius 2 is 0.938 bits per heavy atom. The van der Waals surface area contributed by atoms with Gasteiger partial charge in [-0.15, -0.1) is 8.75 Å². The van der Waals surface area contributed by atoms with Gasteiger partial charge in [0.15, 0.2) is 0 Å². The highest BCUT2D eigenvalue weighted by Crippen LogP contribution is 2.31. The lowest BCUT2D eigenvalue weighted by Crippen LogP contribution is -2.28. The highest BCUT2D eigenvalue weighted by Gasteiger charge is 2.50.